The number of hydrogen-bond donors (Lipinski definition) is 1. The van der Waals surface area contributed by atoms with Gasteiger partial charge in [0.1, 0.15) is 0 Å². The fourth-order valence-corrected chi connectivity index (χ4v) is 3.69. The average Bonchev–Trinajstić information content (AvgIpc) is 2.79. The van der Waals surface area contributed by atoms with Gasteiger partial charge in [-0.2, -0.15) is 11.8 Å². The fraction of sp³-hybridized carbons (Fsp3) is 0.462. The average molecular weight is 271 g/mol. The maximum absolute atomic E-state index is 10.5. The highest BCUT2D eigenvalue weighted by atomic mass is 35.5. The lowest BCUT2D eigenvalue weighted by atomic mass is 9.96. The molecule has 0 radical (unpaired) electrons. The van der Waals surface area contributed by atoms with Crippen molar-refractivity contribution in [3.8, 4) is 0 Å². The Balaban J connectivity index is 2.08. The lowest BCUT2D eigenvalue weighted by Crippen LogP contribution is -2.00. The van der Waals surface area contributed by atoms with E-state index < -0.39 is 5.97 Å². The van der Waals surface area contributed by atoms with Crippen molar-refractivity contribution < 1.29 is 9.90 Å². The van der Waals surface area contributed by atoms with E-state index >= 15 is 0 Å². The Morgan fingerprint density at radius 3 is 2.94 bits per heavy atom. The highest BCUT2D eigenvalue weighted by Crippen LogP contribution is 2.36. The summed E-state index contributed by atoms with van der Waals surface area (Å²) in [6, 6.07) is 5.99. The number of carboxylic acid groups (broad SMARTS) is 1. The molecule has 1 saturated heterocycles. The first-order valence-electron chi connectivity index (χ1n) is 5.74. The molecule has 17 heavy (non-hydrogen) atoms. The second kappa shape index (κ2) is 5.78. The van der Waals surface area contributed by atoms with E-state index in [1.54, 1.807) is 0 Å². The highest BCUT2D eigenvalue weighted by molar-refractivity contribution is 7.99. The predicted octanol–water partition coefficient (Wildman–Crippen LogP) is 3.58. The topological polar surface area (TPSA) is 37.3 Å². The summed E-state index contributed by atoms with van der Waals surface area (Å²) in [7, 11) is 0. The smallest absolute Gasteiger partial charge is 0.303 e. The molecule has 0 aromatic heterocycles. The van der Waals surface area contributed by atoms with Gasteiger partial charge in [0.25, 0.3) is 0 Å². The zero-order valence-corrected chi connectivity index (χ0v) is 11.1. The lowest BCUT2D eigenvalue weighted by molar-refractivity contribution is -0.136. The number of benzene rings is 1. The lowest BCUT2D eigenvalue weighted by Gasteiger charge is -2.12. The zero-order valence-electron chi connectivity index (χ0n) is 9.49. The van der Waals surface area contributed by atoms with Crippen LogP contribution in [-0.2, 0) is 11.2 Å². The van der Waals surface area contributed by atoms with E-state index in [0.29, 0.717) is 12.3 Å². The van der Waals surface area contributed by atoms with Gasteiger partial charge >= 0.3 is 5.97 Å². The molecule has 1 unspecified atom stereocenters. The molecule has 1 N–H and O–H groups in total. The minimum atomic E-state index is -0.766. The third kappa shape index (κ3) is 3.39. The van der Waals surface area contributed by atoms with E-state index in [1.807, 2.05) is 23.9 Å². The van der Waals surface area contributed by atoms with E-state index in [1.165, 1.54) is 17.7 Å². The molecule has 1 aromatic rings. The van der Waals surface area contributed by atoms with Gasteiger partial charge in [-0.3, -0.25) is 4.79 Å². The standard InChI is InChI=1S/C13H15ClO2S/c14-12-7-9(2-4-13(15)16)1-3-11(12)10-5-6-17-8-10/h1,3,7,10H,2,4-6,8H2,(H,15,16). The Hall–Kier alpha value is -0.670. The summed E-state index contributed by atoms with van der Waals surface area (Å²) in [5, 5.41) is 9.43. The van der Waals surface area contributed by atoms with E-state index in [9.17, 15) is 4.79 Å². The Morgan fingerprint density at radius 2 is 2.35 bits per heavy atom. The highest BCUT2D eigenvalue weighted by Gasteiger charge is 2.19. The molecule has 0 spiro atoms. The van der Waals surface area contributed by atoms with E-state index in [4.69, 9.17) is 16.7 Å². The molecular weight excluding hydrogens is 256 g/mol. The molecule has 1 aromatic carbocycles. The van der Waals surface area contributed by atoms with Gasteiger partial charge in [-0.1, -0.05) is 23.7 Å². The maximum atomic E-state index is 10.5. The van der Waals surface area contributed by atoms with Gasteiger partial charge in [0.05, 0.1) is 0 Å². The van der Waals surface area contributed by atoms with E-state index in [2.05, 4.69) is 6.07 Å². The molecule has 92 valence electrons. The third-order valence-electron chi connectivity index (χ3n) is 3.06. The van der Waals surface area contributed by atoms with E-state index in [0.717, 1.165) is 16.3 Å². The van der Waals surface area contributed by atoms with Gasteiger partial charge in [-0.15, -0.1) is 0 Å². The Labute approximate surface area is 110 Å². The normalized spacial score (nSPS) is 19.5. The van der Waals surface area contributed by atoms with Crippen LogP contribution in [0.2, 0.25) is 5.02 Å². The summed E-state index contributed by atoms with van der Waals surface area (Å²) in [5.41, 5.74) is 2.22. The first kappa shape index (κ1) is 12.8. The minimum absolute atomic E-state index is 0.162. The van der Waals surface area contributed by atoms with Crippen LogP contribution in [0.5, 0.6) is 0 Å². The Bertz CT molecular complexity index is 414. The molecule has 1 fully saturated rings. The zero-order chi connectivity index (χ0) is 12.3. The first-order valence-corrected chi connectivity index (χ1v) is 7.28. The van der Waals surface area contributed by atoms with Gasteiger partial charge in [-0.05, 0) is 41.7 Å². The molecule has 0 aliphatic carbocycles. The second-order valence-corrected chi connectivity index (χ2v) is 5.87. The molecule has 0 amide bonds. The molecule has 1 heterocycles. The summed E-state index contributed by atoms with van der Waals surface area (Å²) >= 11 is 8.24. The predicted molar refractivity (Wildman–Crippen MR) is 72.1 cm³/mol. The van der Waals surface area contributed by atoms with Crippen LogP contribution in [0.3, 0.4) is 0 Å². The largest absolute Gasteiger partial charge is 0.481 e. The molecule has 1 atom stereocenters. The Kier molecular flexibility index (Phi) is 4.35. The SMILES string of the molecule is O=C(O)CCc1ccc(C2CCSC2)c(Cl)c1. The van der Waals surface area contributed by atoms with Crippen LogP contribution in [-0.4, -0.2) is 22.6 Å². The first-order chi connectivity index (χ1) is 8.16. The molecular formula is C13H15ClO2S. The van der Waals surface area contributed by atoms with Crippen LogP contribution in [0.4, 0.5) is 0 Å². The number of carboxylic acids is 1. The van der Waals surface area contributed by atoms with Crippen LogP contribution < -0.4 is 0 Å². The number of thioether (sulfide) groups is 1. The quantitative estimate of drug-likeness (QED) is 0.909. The summed E-state index contributed by atoms with van der Waals surface area (Å²) in [6.45, 7) is 0. The third-order valence-corrected chi connectivity index (χ3v) is 4.55. The number of rotatable bonds is 4. The van der Waals surface area contributed by atoms with Gasteiger partial charge in [0.2, 0.25) is 0 Å². The summed E-state index contributed by atoms with van der Waals surface area (Å²) < 4.78 is 0. The van der Waals surface area contributed by atoms with Crippen LogP contribution >= 0.6 is 23.4 Å². The van der Waals surface area contributed by atoms with Crippen molar-refractivity contribution in [1.82, 2.24) is 0 Å². The number of aliphatic carboxylic acids is 1. The van der Waals surface area contributed by atoms with Crippen molar-refractivity contribution >= 4 is 29.3 Å². The van der Waals surface area contributed by atoms with Gasteiger partial charge in [0.15, 0.2) is 0 Å². The fourth-order valence-electron chi connectivity index (χ4n) is 2.09. The number of aryl methyl sites for hydroxylation is 1. The van der Waals surface area contributed by atoms with Crippen molar-refractivity contribution in [1.29, 1.82) is 0 Å². The molecule has 1 aliphatic rings. The molecule has 1 aliphatic heterocycles. The van der Waals surface area contributed by atoms with Crippen molar-refractivity contribution in [3.63, 3.8) is 0 Å². The van der Waals surface area contributed by atoms with Crippen molar-refractivity contribution in [3.05, 3.63) is 34.3 Å². The van der Waals surface area contributed by atoms with Crippen LogP contribution in [0.25, 0.3) is 0 Å². The summed E-state index contributed by atoms with van der Waals surface area (Å²) in [4.78, 5) is 10.5. The monoisotopic (exact) mass is 270 g/mol. The van der Waals surface area contributed by atoms with Crippen molar-refractivity contribution in [2.24, 2.45) is 0 Å². The number of hydrogen-bond acceptors (Lipinski definition) is 2. The van der Waals surface area contributed by atoms with Crippen LogP contribution in [0.15, 0.2) is 18.2 Å². The molecule has 0 bridgehead atoms. The Morgan fingerprint density at radius 1 is 1.53 bits per heavy atom. The molecule has 2 rings (SSSR count). The van der Waals surface area contributed by atoms with Crippen LogP contribution in [0, 0.1) is 0 Å². The summed E-state index contributed by atoms with van der Waals surface area (Å²) in [5.74, 6) is 2.16. The van der Waals surface area contributed by atoms with Crippen LogP contribution in [0.1, 0.15) is 29.9 Å². The van der Waals surface area contributed by atoms with Gasteiger partial charge in [-0.25, -0.2) is 0 Å². The van der Waals surface area contributed by atoms with Gasteiger partial charge < -0.3 is 5.11 Å². The number of carbonyl (C=O) groups is 1. The van der Waals surface area contributed by atoms with Crippen molar-refractivity contribution in [2.75, 3.05) is 11.5 Å². The van der Waals surface area contributed by atoms with Crippen molar-refractivity contribution in [2.45, 2.75) is 25.2 Å². The minimum Gasteiger partial charge on any atom is -0.481 e. The number of halogens is 1. The van der Waals surface area contributed by atoms with E-state index in [-0.39, 0.29) is 6.42 Å². The second-order valence-electron chi connectivity index (χ2n) is 4.31. The van der Waals surface area contributed by atoms with Gasteiger partial charge in [0, 0.05) is 17.2 Å². The molecule has 0 saturated carbocycles. The molecule has 4 heteroatoms. The molecule has 2 nitrogen and oxygen atoms in total. The summed E-state index contributed by atoms with van der Waals surface area (Å²) in [6.07, 6.45) is 1.91. The maximum Gasteiger partial charge on any atom is 0.303 e.